The molecule has 0 spiro atoms. The maximum Gasteiger partial charge on any atom is 0.165 e. The Hall–Kier alpha value is -7.36. The summed E-state index contributed by atoms with van der Waals surface area (Å²) in [5, 5.41) is 7.15. The molecule has 0 amide bonds. The maximum atomic E-state index is 5.64. The van der Waals surface area contributed by atoms with E-state index in [1.54, 1.807) is 0 Å². The third-order valence-electron chi connectivity index (χ3n) is 10.9. The first-order valence-electron chi connectivity index (χ1n) is 18.7. The van der Waals surface area contributed by atoms with Crippen LogP contribution in [0.25, 0.3) is 105 Å². The number of benzene rings is 9. The summed E-state index contributed by atoms with van der Waals surface area (Å²) in [6.07, 6.45) is 0. The molecular formula is C52H33N3. The summed E-state index contributed by atoms with van der Waals surface area (Å²) >= 11 is 0. The molecular weight excluding hydrogens is 667 g/mol. The molecule has 0 unspecified atom stereocenters. The molecule has 0 bridgehead atoms. The maximum absolute atomic E-state index is 5.64. The van der Waals surface area contributed by atoms with Crippen molar-refractivity contribution in [2.75, 3.05) is 0 Å². The molecule has 0 saturated heterocycles. The summed E-state index contributed by atoms with van der Waals surface area (Å²) in [5.74, 6) is 0.807. The van der Waals surface area contributed by atoms with E-state index in [0.717, 1.165) is 61.4 Å². The summed E-state index contributed by atoms with van der Waals surface area (Å²) in [6.45, 7) is 0. The van der Waals surface area contributed by atoms with E-state index in [0.29, 0.717) is 0 Å². The van der Waals surface area contributed by atoms with Gasteiger partial charge in [0.2, 0.25) is 0 Å². The van der Waals surface area contributed by atoms with Crippen LogP contribution in [0.5, 0.6) is 0 Å². The third-order valence-corrected chi connectivity index (χ3v) is 10.9. The Labute approximate surface area is 318 Å². The Bertz CT molecular complexity index is 3230. The van der Waals surface area contributed by atoms with Crippen LogP contribution in [0.2, 0.25) is 0 Å². The van der Waals surface area contributed by atoms with E-state index >= 15 is 0 Å². The Kier molecular flexibility index (Phi) is 7.17. The van der Waals surface area contributed by atoms with E-state index in [1.165, 1.54) is 43.4 Å². The molecule has 0 aliphatic carbocycles. The van der Waals surface area contributed by atoms with Gasteiger partial charge in [0.05, 0.1) is 22.1 Å². The molecule has 55 heavy (non-hydrogen) atoms. The molecule has 0 aliphatic rings. The second-order valence-corrected chi connectivity index (χ2v) is 14.2. The molecule has 2 aromatic heterocycles. The molecule has 2 heterocycles. The molecule has 11 rings (SSSR count). The first-order chi connectivity index (χ1) is 27.2. The van der Waals surface area contributed by atoms with Crippen molar-refractivity contribution in [2.24, 2.45) is 0 Å². The highest BCUT2D eigenvalue weighted by molar-refractivity contribution is 6.14. The van der Waals surface area contributed by atoms with Gasteiger partial charge in [0.25, 0.3) is 0 Å². The lowest BCUT2D eigenvalue weighted by atomic mass is 9.92. The van der Waals surface area contributed by atoms with Gasteiger partial charge in [0, 0.05) is 16.3 Å². The van der Waals surface area contributed by atoms with Crippen LogP contribution < -0.4 is 0 Å². The minimum absolute atomic E-state index is 0.807. The Morgan fingerprint density at radius 3 is 1.55 bits per heavy atom. The molecule has 256 valence electrons. The highest BCUT2D eigenvalue weighted by Crippen LogP contribution is 2.41. The van der Waals surface area contributed by atoms with Gasteiger partial charge >= 0.3 is 0 Å². The predicted octanol–water partition coefficient (Wildman–Crippen LogP) is 13.7. The first-order valence-corrected chi connectivity index (χ1v) is 18.7. The smallest absolute Gasteiger partial charge is 0.165 e. The minimum atomic E-state index is 0.807. The standard InChI is InChI=1S/C52H33N3/c1-3-13-34(14-4-1)36-23-26-38(27-24-36)45-33-48-47(32-44(45)37-16-5-2-6-17-37)53-51(42-28-25-35-15-7-8-18-39(35)29-42)52(54-48)55-49-22-12-11-21-43(49)46-30-40-19-9-10-20-41(40)31-50(46)55/h1-33H. The van der Waals surface area contributed by atoms with Crippen LogP contribution in [0.4, 0.5) is 0 Å². The molecule has 0 atom stereocenters. The molecule has 3 nitrogen and oxygen atoms in total. The number of fused-ring (bicyclic) bond motifs is 6. The van der Waals surface area contributed by atoms with E-state index in [-0.39, 0.29) is 0 Å². The number of hydrogen-bond acceptors (Lipinski definition) is 2. The largest absolute Gasteiger partial charge is 0.292 e. The van der Waals surface area contributed by atoms with Crippen LogP contribution in [0, 0.1) is 0 Å². The van der Waals surface area contributed by atoms with Crippen molar-refractivity contribution in [2.45, 2.75) is 0 Å². The zero-order valence-electron chi connectivity index (χ0n) is 29.9. The lowest BCUT2D eigenvalue weighted by molar-refractivity contribution is 1.08. The number of hydrogen-bond donors (Lipinski definition) is 0. The van der Waals surface area contributed by atoms with Crippen molar-refractivity contribution in [3.63, 3.8) is 0 Å². The molecule has 0 N–H and O–H groups in total. The summed E-state index contributed by atoms with van der Waals surface area (Å²) in [6, 6.07) is 71.5. The van der Waals surface area contributed by atoms with E-state index < -0.39 is 0 Å². The van der Waals surface area contributed by atoms with Gasteiger partial charge in [-0.1, -0.05) is 164 Å². The summed E-state index contributed by atoms with van der Waals surface area (Å²) < 4.78 is 2.33. The molecule has 0 aliphatic heterocycles. The monoisotopic (exact) mass is 699 g/mol. The Morgan fingerprint density at radius 2 is 0.818 bits per heavy atom. The van der Waals surface area contributed by atoms with E-state index in [2.05, 4.69) is 205 Å². The van der Waals surface area contributed by atoms with Gasteiger partial charge in [-0.2, -0.15) is 0 Å². The van der Waals surface area contributed by atoms with Crippen molar-refractivity contribution in [3.05, 3.63) is 200 Å². The summed E-state index contributed by atoms with van der Waals surface area (Å²) in [5.41, 5.74) is 12.7. The Balaban J connectivity index is 1.22. The topological polar surface area (TPSA) is 30.7 Å². The van der Waals surface area contributed by atoms with Crippen LogP contribution in [-0.4, -0.2) is 14.5 Å². The van der Waals surface area contributed by atoms with Gasteiger partial charge in [0.15, 0.2) is 5.82 Å². The van der Waals surface area contributed by atoms with Crippen LogP contribution in [-0.2, 0) is 0 Å². The molecule has 11 aromatic rings. The van der Waals surface area contributed by atoms with Crippen molar-refractivity contribution in [1.29, 1.82) is 0 Å². The number of para-hydroxylation sites is 1. The fourth-order valence-electron chi connectivity index (χ4n) is 8.23. The van der Waals surface area contributed by atoms with Gasteiger partial charge in [0.1, 0.15) is 5.69 Å². The molecule has 9 aromatic carbocycles. The van der Waals surface area contributed by atoms with Crippen LogP contribution in [0.3, 0.4) is 0 Å². The van der Waals surface area contributed by atoms with Crippen molar-refractivity contribution < 1.29 is 0 Å². The molecule has 0 radical (unpaired) electrons. The lowest BCUT2D eigenvalue weighted by Crippen LogP contribution is -2.04. The van der Waals surface area contributed by atoms with Gasteiger partial charge in [-0.3, -0.25) is 4.57 Å². The lowest BCUT2D eigenvalue weighted by Gasteiger charge is -2.17. The SMILES string of the molecule is c1ccc(-c2ccc(-c3cc4nc(-n5c6ccccc6c6cc7ccccc7cc65)c(-c5ccc6ccccc6c5)nc4cc3-c3ccccc3)cc2)cc1. The van der Waals surface area contributed by atoms with E-state index in [4.69, 9.17) is 9.97 Å². The van der Waals surface area contributed by atoms with Crippen LogP contribution in [0.15, 0.2) is 200 Å². The van der Waals surface area contributed by atoms with Gasteiger partial charge < -0.3 is 0 Å². The van der Waals surface area contributed by atoms with Gasteiger partial charge in [-0.05, 0) is 91.3 Å². The van der Waals surface area contributed by atoms with Crippen LogP contribution >= 0.6 is 0 Å². The second-order valence-electron chi connectivity index (χ2n) is 14.2. The van der Waals surface area contributed by atoms with Crippen molar-refractivity contribution in [3.8, 4) is 50.5 Å². The number of aromatic nitrogens is 3. The number of rotatable bonds is 5. The Morgan fingerprint density at radius 1 is 0.309 bits per heavy atom. The molecule has 0 fully saturated rings. The minimum Gasteiger partial charge on any atom is -0.292 e. The average molecular weight is 700 g/mol. The predicted molar refractivity (Wildman–Crippen MR) is 231 cm³/mol. The highest BCUT2D eigenvalue weighted by Gasteiger charge is 2.21. The zero-order chi connectivity index (χ0) is 36.3. The second kappa shape index (κ2) is 12.6. The quantitative estimate of drug-likeness (QED) is 0.179. The normalized spacial score (nSPS) is 11.6. The summed E-state index contributed by atoms with van der Waals surface area (Å²) in [7, 11) is 0. The number of nitrogens with zero attached hydrogens (tertiary/aromatic N) is 3. The van der Waals surface area contributed by atoms with Crippen LogP contribution in [0.1, 0.15) is 0 Å². The fraction of sp³-hybridized carbons (Fsp3) is 0. The summed E-state index contributed by atoms with van der Waals surface area (Å²) in [4.78, 5) is 11.2. The molecule has 0 saturated carbocycles. The highest BCUT2D eigenvalue weighted by atomic mass is 15.1. The van der Waals surface area contributed by atoms with Gasteiger partial charge in [-0.15, -0.1) is 0 Å². The van der Waals surface area contributed by atoms with E-state index in [9.17, 15) is 0 Å². The first kappa shape index (κ1) is 31.2. The van der Waals surface area contributed by atoms with E-state index in [1.807, 2.05) is 0 Å². The average Bonchev–Trinajstić information content (AvgIpc) is 3.58. The van der Waals surface area contributed by atoms with Crippen molar-refractivity contribution >= 4 is 54.4 Å². The van der Waals surface area contributed by atoms with Gasteiger partial charge in [-0.25, -0.2) is 9.97 Å². The molecule has 3 heteroatoms. The third kappa shape index (κ3) is 5.28. The zero-order valence-corrected chi connectivity index (χ0v) is 29.9. The fourth-order valence-corrected chi connectivity index (χ4v) is 8.23. The van der Waals surface area contributed by atoms with Crippen molar-refractivity contribution in [1.82, 2.24) is 14.5 Å².